The topological polar surface area (TPSA) is 67.2 Å². The molecule has 1 aromatic heterocycles. The normalized spacial score (nSPS) is 10.5. The number of rotatable bonds is 8. The van der Waals surface area contributed by atoms with Gasteiger partial charge in [-0.2, -0.15) is 5.10 Å². The number of hydrogen-bond donors (Lipinski definition) is 1. The van der Waals surface area contributed by atoms with E-state index in [1.807, 2.05) is 61.5 Å². The fourth-order valence-corrected chi connectivity index (χ4v) is 2.84. The van der Waals surface area contributed by atoms with Crippen LogP contribution in [-0.4, -0.2) is 35.6 Å². The molecule has 0 atom stereocenters. The summed E-state index contributed by atoms with van der Waals surface area (Å²) < 4.78 is 1.74. The number of benzene rings is 2. The second-order valence-corrected chi connectivity index (χ2v) is 6.77. The standard InChI is InChI=1S/C22H24N4O2/c1-25(2)19-10-8-17(9-11-19)16-26-21(14-15-23-26)24-22(28)13-12-20(27)18-6-4-3-5-7-18/h3-11,14-15H,12-13,16H2,1-2H3,(H,24,28). The van der Waals surface area contributed by atoms with E-state index in [1.165, 1.54) is 0 Å². The van der Waals surface area contributed by atoms with Gasteiger partial charge in [-0.05, 0) is 17.7 Å². The lowest BCUT2D eigenvalue weighted by Gasteiger charge is -2.13. The summed E-state index contributed by atoms with van der Waals surface area (Å²) >= 11 is 0. The quantitative estimate of drug-likeness (QED) is 0.610. The molecular formula is C22H24N4O2. The molecule has 6 heteroatoms. The smallest absolute Gasteiger partial charge is 0.225 e. The molecular weight excluding hydrogens is 352 g/mol. The molecule has 0 unspecified atom stereocenters. The van der Waals surface area contributed by atoms with Crippen molar-refractivity contribution in [2.75, 3.05) is 24.3 Å². The van der Waals surface area contributed by atoms with Crippen molar-refractivity contribution in [2.45, 2.75) is 19.4 Å². The third-order valence-electron chi connectivity index (χ3n) is 4.44. The number of carbonyl (C=O) groups excluding carboxylic acids is 2. The number of hydrogen-bond acceptors (Lipinski definition) is 4. The third-order valence-corrected chi connectivity index (χ3v) is 4.44. The van der Waals surface area contributed by atoms with Crippen molar-refractivity contribution in [1.82, 2.24) is 9.78 Å². The molecule has 0 radical (unpaired) electrons. The van der Waals surface area contributed by atoms with Gasteiger partial charge in [0.15, 0.2) is 5.78 Å². The van der Waals surface area contributed by atoms with E-state index in [1.54, 1.807) is 29.1 Å². The van der Waals surface area contributed by atoms with E-state index in [2.05, 4.69) is 10.4 Å². The summed E-state index contributed by atoms with van der Waals surface area (Å²) in [5.41, 5.74) is 2.84. The van der Waals surface area contributed by atoms with Gasteiger partial charge < -0.3 is 10.2 Å². The van der Waals surface area contributed by atoms with Crippen LogP contribution in [0.5, 0.6) is 0 Å². The average Bonchev–Trinajstić information content (AvgIpc) is 3.13. The van der Waals surface area contributed by atoms with Gasteiger partial charge in [0, 0.05) is 44.3 Å². The Kier molecular flexibility index (Phi) is 6.22. The molecule has 3 rings (SSSR count). The molecule has 0 bridgehead atoms. The molecule has 1 N–H and O–H groups in total. The molecule has 0 fully saturated rings. The van der Waals surface area contributed by atoms with Gasteiger partial charge in [0.1, 0.15) is 5.82 Å². The molecule has 0 aliphatic heterocycles. The minimum Gasteiger partial charge on any atom is -0.378 e. The first-order valence-corrected chi connectivity index (χ1v) is 9.19. The van der Waals surface area contributed by atoms with Crippen LogP contribution in [0.25, 0.3) is 0 Å². The molecule has 3 aromatic rings. The molecule has 0 spiro atoms. The molecule has 0 saturated heterocycles. The molecule has 0 aliphatic rings. The highest BCUT2D eigenvalue weighted by Crippen LogP contribution is 2.15. The summed E-state index contributed by atoms with van der Waals surface area (Å²) in [6.45, 7) is 0.555. The lowest BCUT2D eigenvalue weighted by Crippen LogP contribution is -2.17. The van der Waals surface area contributed by atoms with Crippen molar-refractivity contribution in [3.8, 4) is 0 Å². The van der Waals surface area contributed by atoms with E-state index in [-0.39, 0.29) is 24.5 Å². The highest BCUT2D eigenvalue weighted by Gasteiger charge is 2.11. The number of carbonyl (C=O) groups is 2. The molecule has 2 aromatic carbocycles. The first-order valence-electron chi connectivity index (χ1n) is 9.19. The van der Waals surface area contributed by atoms with E-state index < -0.39 is 0 Å². The van der Waals surface area contributed by atoms with E-state index in [9.17, 15) is 9.59 Å². The van der Waals surface area contributed by atoms with Crippen LogP contribution in [0.15, 0.2) is 66.9 Å². The van der Waals surface area contributed by atoms with Crippen molar-refractivity contribution in [3.63, 3.8) is 0 Å². The molecule has 28 heavy (non-hydrogen) atoms. The maximum absolute atomic E-state index is 12.3. The van der Waals surface area contributed by atoms with Gasteiger partial charge >= 0.3 is 0 Å². The summed E-state index contributed by atoms with van der Waals surface area (Å²) in [6, 6.07) is 19.0. The maximum atomic E-state index is 12.3. The highest BCUT2D eigenvalue weighted by atomic mass is 16.2. The zero-order valence-corrected chi connectivity index (χ0v) is 16.1. The van der Waals surface area contributed by atoms with Crippen LogP contribution in [0.4, 0.5) is 11.5 Å². The van der Waals surface area contributed by atoms with E-state index in [0.29, 0.717) is 17.9 Å². The van der Waals surface area contributed by atoms with Crippen molar-refractivity contribution in [3.05, 3.63) is 78.0 Å². The SMILES string of the molecule is CN(C)c1ccc(Cn2nccc2NC(=O)CCC(=O)c2ccccc2)cc1. The Morgan fingerprint density at radius 2 is 1.68 bits per heavy atom. The van der Waals surface area contributed by atoms with E-state index >= 15 is 0 Å². The van der Waals surface area contributed by atoms with Crippen molar-refractivity contribution in [2.24, 2.45) is 0 Å². The second kappa shape index (κ2) is 8.99. The molecule has 144 valence electrons. The Bertz CT molecular complexity index is 931. The van der Waals surface area contributed by atoms with Crippen LogP contribution in [0.3, 0.4) is 0 Å². The first-order chi connectivity index (χ1) is 13.5. The predicted molar refractivity (Wildman–Crippen MR) is 111 cm³/mol. The van der Waals surface area contributed by atoms with E-state index in [0.717, 1.165) is 11.3 Å². The lowest BCUT2D eigenvalue weighted by atomic mass is 10.1. The Labute approximate surface area is 164 Å². The molecule has 0 saturated carbocycles. The van der Waals surface area contributed by atoms with Crippen molar-refractivity contribution < 1.29 is 9.59 Å². The number of anilines is 2. The minimum absolute atomic E-state index is 0.0368. The number of nitrogens with one attached hydrogen (secondary N) is 1. The number of nitrogens with zero attached hydrogens (tertiary/aromatic N) is 3. The number of aromatic nitrogens is 2. The Balaban J connectivity index is 1.56. The summed E-state index contributed by atoms with van der Waals surface area (Å²) in [6.07, 6.45) is 1.96. The van der Waals surface area contributed by atoms with Gasteiger partial charge in [-0.25, -0.2) is 4.68 Å². The van der Waals surface area contributed by atoms with Crippen molar-refractivity contribution >= 4 is 23.2 Å². The zero-order valence-electron chi connectivity index (χ0n) is 16.1. The Morgan fingerprint density at radius 3 is 2.36 bits per heavy atom. The van der Waals surface area contributed by atoms with Gasteiger partial charge in [-0.15, -0.1) is 0 Å². The van der Waals surface area contributed by atoms with Crippen LogP contribution >= 0.6 is 0 Å². The number of Topliss-reactive ketones (excluding diaryl/α,β-unsaturated/α-hetero) is 1. The first kappa shape index (κ1) is 19.4. The average molecular weight is 376 g/mol. The second-order valence-electron chi connectivity index (χ2n) is 6.77. The highest BCUT2D eigenvalue weighted by molar-refractivity contribution is 5.99. The van der Waals surface area contributed by atoms with E-state index in [4.69, 9.17) is 0 Å². The van der Waals surface area contributed by atoms with Gasteiger partial charge in [0.25, 0.3) is 0 Å². The molecule has 0 aliphatic carbocycles. The van der Waals surface area contributed by atoms with Gasteiger partial charge in [0.2, 0.25) is 5.91 Å². The number of ketones is 1. The van der Waals surface area contributed by atoms with Crippen LogP contribution in [0.1, 0.15) is 28.8 Å². The molecule has 6 nitrogen and oxygen atoms in total. The van der Waals surface area contributed by atoms with Crippen molar-refractivity contribution in [1.29, 1.82) is 0 Å². The summed E-state index contributed by atoms with van der Waals surface area (Å²) in [5.74, 6) is 0.382. The van der Waals surface area contributed by atoms with Gasteiger partial charge in [0.05, 0.1) is 12.7 Å². The maximum Gasteiger partial charge on any atom is 0.225 e. The molecule has 1 heterocycles. The van der Waals surface area contributed by atoms with Gasteiger partial charge in [-0.3, -0.25) is 9.59 Å². The van der Waals surface area contributed by atoms with Crippen LogP contribution in [-0.2, 0) is 11.3 Å². The number of amides is 1. The van der Waals surface area contributed by atoms with Crippen LogP contribution in [0.2, 0.25) is 0 Å². The van der Waals surface area contributed by atoms with Crippen LogP contribution < -0.4 is 10.2 Å². The summed E-state index contributed by atoms with van der Waals surface area (Å²) in [5, 5.41) is 7.14. The minimum atomic E-state index is -0.200. The largest absolute Gasteiger partial charge is 0.378 e. The zero-order chi connectivity index (χ0) is 19.9. The Hall–Kier alpha value is -3.41. The summed E-state index contributed by atoms with van der Waals surface area (Å²) in [7, 11) is 4.00. The Morgan fingerprint density at radius 1 is 0.964 bits per heavy atom. The fourth-order valence-electron chi connectivity index (χ4n) is 2.84. The monoisotopic (exact) mass is 376 g/mol. The predicted octanol–water partition coefficient (Wildman–Crippen LogP) is 3.60. The third kappa shape index (κ3) is 5.07. The fraction of sp³-hybridized carbons (Fsp3) is 0.227. The lowest BCUT2D eigenvalue weighted by molar-refractivity contribution is -0.116. The molecule has 1 amide bonds. The summed E-state index contributed by atoms with van der Waals surface area (Å²) in [4.78, 5) is 26.4. The van der Waals surface area contributed by atoms with Crippen LogP contribution in [0, 0.1) is 0 Å². The van der Waals surface area contributed by atoms with Gasteiger partial charge in [-0.1, -0.05) is 42.5 Å².